The Labute approximate surface area is 198 Å². The van der Waals surface area contributed by atoms with Crippen LogP contribution in [0.5, 0.6) is 0 Å². The van der Waals surface area contributed by atoms with Gasteiger partial charge in [-0.15, -0.1) is 0 Å². The predicted octanol–water partition coefficient (Wildman–Crippen LogP) is 4.26. The van der Waals surface area contributed by atoms with E-state index in [9.17, 15) is 4.79 Å². The molecule has 8 nitrogen and oxygen atoms in total. The molecule has 0 aliphatic carbocycles. The molecular weight excluding hydrogens is 426 g/mol. The Morgan fingerprint density at radius 3 is 2.59 bits per heavy atom. The summed E-state index contributed by atoms with van der Waals surface area (Å²) in [4.78, 5) is 23.1. The number of anilines is 4. The first-order valence-electron chi connectivity index (χ1n) is 11.1. The first-order valence-corrected chi connectivity index (χ1v) is 11.1. The Balaban J connectivity index is 1.69. The summed E-state index contributed by atoms with van der Waals surface area (Å²) in [5.41, 5.74) is 14.5. The second-order valence-corrected chi connectivity index (χ2v) is 8.63. The van der Waals surface area contributed by atoms with Crippen LogP contribution in [0, 0.1) is 0 Å². The van der Waals surface area contributed by atoms with E-state index in [0.29, 0.717) is 17.1 Å². The normalized spacial score (nSPS) is 12.9. The number of aryl methyl sites for hydroxylation is 1. The number of fused-ring (bicyclic) bond motifs is 2. The SMILES string of the molecule is C=C(C)C(=O)Nc1ccc(-c2c(-c3ccc4c(c3)NCCN4C)c3c(N)ncnc3n2C)cc1. The van der Waals surface area contributed by atoms with E-state index < -0.39 is 0 Å². The molecule has 0 saturated heterocycles. The van der Waals surface area contributed by atoms with Gasteiger partial charge in [0.25, 0.3) is 5.91 Å². The smallest absolute Gasteiger partial charge is 0.250 e. The predicted molar refractivity (Wildman–Crippen MR) is 139 cm³/mol. The quantitative estimate of drug-likeness (QED) is 0.399. The van der Waals surface area contributed by atoms with Gasteiger partial charge in [0, 0.05) is 44.0 Å². The summed E-state index contributed by atoms with van der Waals surface area (Å²) >= 11 is 0. The molecule has 4 aromatic rings. The van der Waals surface area contributed by atoms with Gasteiger partial charge < -0.3 is 25.8 Å². The molecule has 2 aromatic heterocycles. The number of nitrogens with one attached hydrogen (secondary N) is 2. The lowest BCUT2D eigenvalue weighted by molar-refractivity contribution is -0.112. The van der Waals surface area contributed by atoms with Crippen LogP contribution in [0.2, 0.25) is 0 Å². The number of likely N-dealkylation sites (N-methyl/N-ethyl adjacent to an activating group) is 1. The minimum atomic E-state index is -0.201. The molecule has 0 unspecified atom stereocenters. The Morgan fingerprint density at radius 2 is 1.85 bits per heavy atom. The fraction of sp³-hybridized carbons (Fsp3) is 0.192. The van der Waals surface area contributed by atoms with Crippen LogP contribution in [0.25, 0.3) is 33.4 Å². The average Bonchev–Trinajstić information content (AvgIpc) is 3.13. The van der Waals surface area contributed by atoms with Crippen molar-refractivity contribution in [3.63, 3.8) is 0 Å². The number of hydrogen-bond donors (Lipinski definition) is 3. The van der Waals surface area contributed by atoms with Crippen LogP contribution in [-0.2, 0) is 11.8 Å². The number of hydrogen-bond acceptors (Lipinski definition) is 6. The number of nitrogens with zero attached hydrogens (tertiary/aromatic N) is 4. The summed E-state index contributed by atoms with van der Waals surface area (Å²) in [6.07, 6.45) is 1.49. The van der Waals surface area contributed by atoms with E-state index in [-0.39, 0.29) is 5.91 Å². The standard InChI is InChI=1S/C26H27N7O/c1-15(2)26(34)31-18-8-5-16(6-9-18)23-21(22-24(27)29-14-30-25(22)33(23)4)17-7-10-20-19(13-17)28-11-12-32(20)3/h5-10,13-14,28H,1,11-12H2,2-4H3,(H,31,34)(H2,27,29,30). The number of aromatic nitrogens is 3. The van der Waals surface area contributed by atoms with Gasteiger partial charge in [0.2, 0.25) is 0 Å². The molecule has 8 heteroatoms. The van der Waals surface area contributed by atoms with Gasteiger partial charge in [-0.3, -0.25) is 4.79 Å². The van der Waals surface area contributed by atoms with Gasteiger partial charge in [-0.25, -0.2) is 9.97 Å². The molecule has 1 aliphatic rings. The zero-order valence-corrected chi connectivity index (χ0v) is 19.5. The van der Waals surface area contributed by atoms with E-state index in [1.807, 2.05) is 35.9 Å². The molecule has 5 rings (SSSR count). The van der Waals surface area contributed by atoms with Crippen molar-refractivity contribution in [3.05, 3.63) is 60.9 Å². The molecule has 1 amide bonds. The van der Waals surface area contributed by atoms with Crippen LogP contribution >= 0.6 is 0 Å². The fourth-order valence-corrected chi connectivity index (χ4v) is 4.49. The van der Waals surface area contributed by atoms with Crippen LogP contribution in [0.4, 0.5) is 22.9 Å². The van der Waals surface area contributed by atoms with Gasteiger partial charge in [0.05, 0.1) is 22.5 Å². The van der Waals surface area contributed by atoms with Crippen LogP contribution in [0.1, 0.15) is 6.92 Å². The highest BCUT2D eigenvalue weighted by Crippen LogP contribution is 2.43. The number of carbonyl (C=O) groups excluding carboxylic acids is 1. The van der Waals surface area contributed by atoms with E-state index >= 15 is 0 Å². The van der Waals surface area contributed by atoms with Crippen molar-refractivity contribution in [2.45, 2.75) is 6.92 Å². The Morgan fingerprint density at radius 1 is 1.12 bits per heavy atom. The van der Waals surface area contributed by atoms with Gasteiger partial charge in [0.15, 0.2) is 0 Å². The average molecular weight is 454 g/mol. The molecule has 34 heavy (non-hydrogen) atoms. The minimum absolute atomic E-state index is 0.201. The van der Waals surface area contributed by atoms with Crippen LogP contribution in [0.15, 0.2) is 60.9 Å². The third-order valence-electron chi connectivity index (χ3n) is 6.26. The van der Waals surface area contributed by atoms with Crippen molar-refractivity contribution in [1.82, 2.24) is 14.5 Å². The summed E-state index contributed by atoms with van der Waals surface area (Å²) in [5, 5.41) is 7.19. The van der Waals surface area contributed by atoms with Gasteiger partial charge in [0.1, 0.15) is 17.8 Å². The number of amides is 1. The first-order chi connectivity index (χ1) is 16.3. The van der Waals surface area contributed by atoms with Crippen LogP contribution in [-0.4, -0.2) is 40.6 Å². The lowest BCUT2D eigenvalue weighted by Gasteiger charge is -2.29. The molecule has 0 atom stereocenters. The summed E-state index contributed by atoms with van der Waals surface area (Å²) in [5.74, 6) is 0.239. The van der Waals surface area contributed by atoms with Crippen molar-refractivity contribution < 1.29 is 4.79 Å². The second-order valence-electron chi connectivity index (χ2n) is 8.63. The summed E-state index contributed by atoms with van der Waals surface area (Å²) in [6.45, 7) is 7.22. The zero-order valence-electron chi connectivity index (χ0n) is 19.5. The third kappa shape index (κ3) is 3.53. The van der Waals surface area contributed by atoms with E-state index in [0.717, 1.165) is 52.2 Å². The van der Waals surface area contributed by atoms with Crippen LogP contribution < -0.4 is 21.3 Å². The van der Waals surface area contributed by atoms with E-state index in [4.69, 9.17) is 5.73 Å². The van der Waals surface area contributed by atoms with Crippen molar-refractivity contribution in [2.75, 3.05) is 41.4 Å². The fourth-order valence-electron chi connectivity index (χ4n) is 4.49. The topological polar surface area (TPSA) is 101 Å². The first kappa shape index (κ1) is 21.5. The summed E-state index contributed by atoms with van der Waals surface area (Å²) in [6, 6.07) is 14.2. The monoisotopic (exact) mass is 453 g/mol. The van der Waals surface area contributed by atoms with Crippen molar-refractivity contribution in [2.24, 2.45) is 7.05 Å². The molecule has 2 aromatic carbocycles. The Bertz CT molecular complexity index is 1440. The Kier molecular flexibility index (Phi) is 5.20. The van der Waals surface area contributed by atoms with Crippen molar-refractivity contribution >= 4 is 39.8 Å². The van der Waals surface area contributed by atoms with Crippen molar-refractivity contribution in [1.29, 1.82) is 0 Å². The lowest BCUT2D eigenvalue weighted by atomic mass is 9.97. The Hall–Kier alpha value is -4.33. The highest BCUT2D eigenvalue weighted by molar-refractivity contribution is 6.08. The number of benzene rings is 2. The number of carbonyl (C=O) groups is 1. The maximum atomic E-state index is 12.0. The maximum absolute atomic E-state index is 12.0. The highest BCUT2D eigenvalue weighted by Gasteiger charge is 2.23. The van der Waals surface area contributed by atoms with Crippen molar-refractivity contribution in [3.8, 4) is 22.4 Å². The summed E-state index contributed by atoms with van der Waals surface area (Å²) in [7, 11) is 4.08. The molecule has 3 heterocycles. The number of nitrogen functional groups attached to an aromatic ring is 1. The van der Waals surface area contributed by atoms with E-state index in [2.05, 4.69) is 57.3 Å². The van der Waals surface area contributed by atoms with Crippen LogP contribution in [0.3, 0.4) is 0 Å². The number of nitrogens with two attached hydrogens (primary N) is 1. The second kappa shape index (κ2) is 8.22. The van der Waals surface area contributed by atoms with Gasteiger partial charge in [-0.2, -0.15) is 0 Å². The lowest BCUT2D eigenvalue weighted by Crippen LogP contribution is -2.30. The van der Waals surface area contributed by atoms with E-state index in [1.54, 1.807) is 6.92 Å². The molecule has 4 N–H and O–H groups in total. The largest absolute Gasteiger partial charge is 0.383 e. The number of rotatable bonds is 4. The molecule has 0 saturated carbocycles. The molecule has 0 fully saturated rings. The summed E-state index contributed by atoms with van der Waals surface area (Å²) < 4.78 is 2.04. The molecule has 1 aliphatic heterocycles. The highest BCUT2D eigenvalue weighted by atomic mass is 16.1. The molecule has 172 valence electrons. The van der Waals surface area contributed by atoms with E-state index in [1.165, 1.54) is 12.0 Å². The minimum Gasteiger partial charge on any atom is -0.383 e. The maximum Gasteiger partial charge on any atom is 0.250 e. The van der Waals surface area contributed by atoms with Gasteiger partial charge in [-0.05, 0) is 42.3 Å². The molecule has 0 radical (unpaired) electrons. The zero-order chi connectivity index (χ0) is 24.0. The van der Waals surface area contributed by atoms with Gasteiger partial charge >= 0.3 is 0 Å². The molecule has 0 spiro atoms. The molecule has 0 bridgehead atoms. The third-order valence-corrected chi connectivity index (χ3v) is 6.26. The van der Waals surface area contributed by atoms with Gasteiger partial charge in [-0.1, -0.05) is 24.8 Å². The molecular formula is C26H27N7O.